The molecule has 1 aliphatic rings. The molecule has 0 radical (unpaired) electrons. The third kappa shape index (κ3) is 2.55. The molecule has 0 bridgehead atoms. The van der Waals surface area contributed by atoms with Crippen LogP contribution in [0.3, 0.4) is 0 Å². The Balaban J connectivity index is 1.88. The molecule has 3 rings (SSSR count). The molecule has 1 nitrogen and oxygen atoms in total. The summed E-state index contributed by atoms with van der Waals surface area (Å²) in [5.74, 6) is 0.197. The average Bonchev–Trinajstić information content (AvgIpc) is 2.49. The van der Waals surface area contributed by atoms with Gasteiger partial charge in [0, 0.05) is 16.0 Å². The molecule has 3 heteroatoms. The molecule has 102 valence electrons. The van der Waals surface area contributed by atoms with Crippen molar-refractivity contribution in [1.82, 2.24) is 0 Å². The highest BCUT2D eigenvalue weighted by Gasteiger charge is 2.26. The van der Waals surface area contributed by atoms with E-state index in [-0.39, 0.29) is 11.7 Å². The van der Waals surface area contributed by atoms with Crippen molar-refractivity contribution in [3.63, 3.8) is 0 Å². The second kappa shape index (κ2) is 5.71. The highest BCUT2D eigenvalue weighted by Crippen LogP contribution is 2.32. The van der Waals surface area contributed by atoms with E-state index in [2.05, 4.69) is 34.1 Å². The zero-order valence-electron chi connectivity index (χ0n) is 10.9. The standard InChI is InChI=1S/C17H14BrClO/c18-15-7-3-6-14(16(15)19)17(20)13-9-8-11-4-1-2-5-12(11)10-13/h1-7,13H,8-10H2. The van der Waals surface area contributed by atoms with Gasteiger partial charge in [-0.2, -0.15) is 0 Å². The van der Waals surface area contributed by atoms with Gasteiger partial charge >= 0.3 is 0 Å². The highest BCUT2D eigenvalue weighted by atomic mass is 79.9. The first-order valence-corrected chi connectivity index (χ1v) is 7.89. The molecule has 1 atom stereocenters. The Morgan fingerprint density at radius 2 is 1.85 bits per heavy atom. The fraction of sp³-hybridized carbons (Fsp3) is 0.235. The van der Waals surface area contributed by atoms with Gasteiger partial charge in [0.05, 0.1) is 5.02 Å². The molecule has 0 fully saturated rings. The molecule has 20 heavy (non-hydrogen) atoms. The molecule has 0 spiro atoms. The Labute approximate surface area is 132 Å². The summed E-state index contributed by atoms with van der Waals surface area (Å²) in [6, 6.07) is 13.9. The van der Waals surface area contributed by atoms with Crippen molar-refractivity contribution in [2.24, 2.45) is 5.92 Å². The third-order valence-corrected chi connectivity index (χ3v) is 5.23. The lowest BCUT2D eigenvalue weighted by molar-refractivity contribution is 0.0909. The van der Waals surface area contributed by atoms with Crippen molar-refractivity contribution < 1.29 is 4.79 Å². The number of Topliss-reactive ketones (excluding diaryl/α,β-unsaturated/α-hetero) is 1. The summed E-state index contributed by atoms with van der Waals surface area (Å²) >= 11 is 9.62. The number of aryl methyl sites for hydroxylation is 1. The number of hydrogen-bond donors (Lipinski definition) is 0. The van der Waals surface area contributed by atoms with Crippen molar-refractivity contribution in [2.75, 3.05) is 0 Å². The predicted octanol–water partition coefficient (Wildman–Crippen LogP) is 5.09. The Kier molecular flexibility index (Phi) is 3.95. The predicted molar refractivity (Wildman–Crippen MR) is 85.4 cm³/mol. The maximum absolute atomic E-state index is 12.7. The Bertz CT molecular complexity index is 666. The largest absolute Gasteiger partial charge is 0.294 e. The summed E-state index contributed by atoms with van der Waals surface area (Å²) in [4.78, 5) is 12.7. The molecule has 2 aromatic carbocycles. The summed E-state index contributed by atoms with van der Waals surface area (Å²) in [5.41, 5.74) is 3.30. The number of carbonyl (C=O) groups is 1. The van der Waals surface area contributed by atoms with Crippen LogP contribution in [-0.2, 0) is 12.8 Å². The van der Waals surface area contributed by atoms with Gasteiger partial charge in [-0.3, -0.25) is 4.79 Å². The molecular weight excluding hydrogens is 336 g/mol. The highest BCUT2D eigenvalue weighted by molar-refractivity contribution is 9.10. The number of hydrogen-bond acceptors (Lipinski definition) is 1. The molecular formula is C17H14BrClO. The molecule has 0 N–H and O–H groups in total. The molecule has 1 unspecified atom stereocenters. The zero-order chi connectivity index (χ0) is 14.1. The third-order valence-electron chi connectivity index (χ3n) is 3.93. The maximum atomic E-state index is 12.7. The quantitative estimate of drug-likeness (QED) is 0.690. The molecule has 0 amide bonds. The first-order valence-electron chi connectivity index (χ1n) is 6.72. The van der Waals surface area contributed by atoms with E-state index in [9.17, 15) is 4.79 Å². The maximum Gasteiger partial charge on any atom is 0.167 e. The SMILES string of the molecule is O=C(c1cccc(Br)c1Cl)C1CCc2ccccc2C1. The lowest BCUT2D eigenvalue weighted by atomic mass is 9.80. The van der Waals surface area contributed by atoms with Crippen molar-refractivity contribution in [2.45, 2.75) is 19.3 Å². The van der Waals surface area contributed by atoms with E-state index in [0.717, 1.165) is 23.7 Å². The van der Waals surface area contributed by atoms with Crippen LogP contribution >= 0.6 is 27.5 Å². The second-order valence-electron chi connectivity index (χ2n) is 5.17. The normalized spacial score (nSPS) is 17.6. The van der Waals surface area contributed by atoms with Gasteiger partial charge in [0.15, 0.2) is 5.78 Å². The van der Waals surface area contributed by atoms with E-state index < -0.39 is 0 Å². The Morgan fingerprint density at radius 3 is 2.65 bits per heavy atom. The summed E-state index contributed by atoms with van der Waals surface area (Å²) in [6.45, 7) is 0. The van der Waals surface area contributed by atoms with E-state index in [1.54, 1.807) is 0 Å². The van der Waals surface area contributed by atoms with Crippen molar-refractivity contribution in [3.05, 3.63) is 68.7 Å². The minimum Gasteiger partial charge on any atom is -0.294 e. The van der Waals surface area contributed by atoms with Crippen LogP contribution in [0, 0.1) is 5.92 Å². The number of ketones is 1. The van der Waals surface area contributed by atoms with Crippen LogP contribution in [0.5, 0.6) is 0 Å². The van der Waals surface area contributed by atoms with Crippen LogP contribution < -0.4 is 0 Å². The molecule has 0 aromatic heterocycles. The zero-order valence-corrected chi connectivity index (χ0v) is 13.2. The number of fused-ring (bicyclic) bond motifs is 1. The lowest BCUT2D eigenvalue weighted by Crippen LogP contribution is -2.23. The molecule has 0 heterocycles. The van der Waals surface area contributed by atoms with Gasteiger partial charge in [0.2, 0.25) is 0 Å². The average molecular weight is 350 g/mol. The van der Waals surface area contributed by atoms with Gasteiger partial charge < -0.3 is 0 Å². The second-order valence-corrected chi connectivity index (χ2v) is 6.41. The van der Waals surface area contributed by atoms with Gasteiger partial charge in [-0.15, -0.1) is 0 Å². The number of rotatable bonds is 2. The monoisotopic (exact) mass is 348 g/mol. The summed E-state index contributed by atoms with van der Waals surface area (Å²) < 4.78 is 0.779. The lowest BCUT2D eigenvalue weighted by Gasteiger charge is -2.24. The van der Waals surface area contributed by atoms with Crippen LogP contribution in [-0.4, -0.2) is 5.78 Å². The minimum atomic E-state index is 0.0386. The first kappa shape index (κ1) is 13.8. The van der Waals surface area contributed by atoms with Gasteiger partial charge in [0.1, 0.15) is 0 Å². The molecule has 0 aliphatic heterocycles. The number of halogens is 2. The van der Waals surface area contributed by atoms with Crippen molar-refractivity contribution in [1.29, 1.82) is 0 Å². The van der Waals surface area contributed by atoms with Crippen LogP contribution in [0.2, 0.25) is 5.02 Å². The van der Waals surface area contributed by atoms with E-state index in [0.29, 0.717) is 10.6 Å². The van der Waals surface area contributed by atoms with E-state index in [1.807, 2.05) is 24.3 Å². The van der Waals surface area contributed by atoms with E-state index in [1.165, 1.54) is 11.1 Å². The topological polar surface area (TPSA) is 17.1 Å². The van der Waals surface area contributed by atoms with Gasteiger partial charge in [-0.1, -0.05) is 41.9 Å². The van der Waals surface area contributed by atoms with Crippen LogP contribution in [0.1, 0.15) is 27.9 Å². The van der Waals surface area contributed by atoms with Gasteiger partial charge in [-0.05, 0) is 58.5 Å². The van der Waals surface area contributed by atoms with Crippen LogP contribution in [0.15, 0.2) is 46.9 Å². The summed E-state index contributed by atoms with van der Waals surface area (Å²) in [6.07, 6.45) is 2.69. The van der Waals surface area contributed by atoms with Crippen LogP contribution in [0.25, 0.3) is 0 Å². The Morgan fingerprint density at radius 1 is 1.10 bits per heavy atom. The first-order chi connectivity index (χ1) is 9.66. The van der Waals surface area contributed by atoms with Gasteiger partial charge in [-0.25, -0.2) is 0 Å². The fourth-order valence-electron chi connectivity index (χ4n) is 2.84. The molecule has 1 aliphatic carbocycles. The fourth-order valence-corrected chi connectivity index (χ4v) is 3.42. The Hall–Kier alpha value is -1.12. The van der Waals surface area contributed by atoms with Crippen molar-refractivity contribution >= 4 is 33.3 Å². The summed E-state index contributed by atoms with van der Waals surface area (Å²) in [7, 11) is 0. The molecule has 0 saturated carbocycles. The van der Waals surface area contributed by atoms with E-state index in [4.69, 9.17) is 11.6 Å². The van der Waals surface area contributed by atoms with E-state index >= 15 is 0 Å². The van der Waals surface area contributed by atoms with Crippen molar-refractivity contribution in [3.8, 4) is 0 Å². The minimum absolute atomic E-state index is 0.0386. The molecule has 0 saturated heterocycles. The number of carbonyl (C=O) groups excluding carboxylic acids is 1. The van der Waals surface area contributed by atoms with Crippen LogP contribution in [0.4, 0.5) is 0 Å². The van der Waals surface area contributed by atoms with Gasteiger partial charge in [0.25, 0.3) is 0 Å². The number of benzene rings is 2. The smallest absolute Gasteiger partial charge is 0.167 e. The summed E-state index contributed by atoms with van der Waals surface area (Å²) in [5, 5.41) is 0.524. The molecule has 2 aromatic rings.